The first-order valence-electron chi connectivity index (χ1n) is 3.72. The Morgan fingerprint density at radius 2 is 2.31 bits per heavy atom. The Labute approximate surface area is 87.5 Å². The average molecular weight is 263 g/mol. The van der Waals surface area contributed by atoms with Crippen LogP contribution < -0.4 is 0 Å². The van der Waals surface area contributed by atoms with Crippen molar-refractivity contribution in [2.24, 2.45) is 0 Å². The van der Waals surface area contributed by atoms with Gasteiger partial charge in [-0.1, -0.05) is 0 Å². The molecule has 5 heteroatoms. The van der Waals surface area contributed by atoms with Crippen LogP contribution in [0.1, 0.15) is 4.88 Å². The molecule has 3 nitrogen and oxygen atoms in total. The molecule has 0 spiro atoms. The number of carbonyl (C=O) groups is 1. The normalized spacial score (nSPS) is 19.5. The summed E-state index contributed by atoms with van der Waals surface area (Å²) in [4.78, 5) is 11.9. The van der Waals surface area contributed by atoms with Gasteiger partial charge in [-0.05, 0) is 28.1 Å². The smallest absolute Gasteiger partial charge is 0.319 e. The van der Waals surface area contributed by atoms with Crippen LogP contribution in [0.15, 0.2) is 15.9 Å². The molecule has 0 radical (unpaired) electrons. The van der Waals surface area contributed by atoms with Crippen molar-refractivity contribution in [2.45, 2.75) is 5.41 Å². The number of ether oxygens (including phenoxy) is 1. The molecule has 0 atom stereocenters. The molecule has 0 aromatic carbocycles. The van der Waals surface area contributed by atoms with Crippen LogP contribution in [0, 0.1) is 0 Å². The molecule has 1 N–H and O–H groups in total. The SMILES string of the molecule is O=C(O)C1(c2ccc(Br)s2)COC1. The minimum Gasteiger partial charge on any atom is -0.480 e. The molecule has 0 amide bonds. The van der Waals surface area contributed by atoms with E-state index < -0.39 is 11.4 Å². The van der Waals surface area contributed by atoms with Gasteiger partial charge >= 0.3 is 5.97 Å². The van der Waals surface area contributed by atoms with Crippen LogP contribution in [-0.2, 0) is 14.9 Å². The minimum absolute atomic E-state index is 0.287. The summed E-state index contributed by atoms with van der Waals surface area (Å²) in [5, 5.41) is 9.06. The molecule has 0 aliphatic carbocycles. The number of hydrogen-bond donors (Lipinski definition) is 1. The van der Waals surface area contributed by atoms with Gasteiger partial charge in [-0.2, -0.15) is 0 Å². The van der Waals surface area contributed by atoms with Gasteiger partial charge in [0.1, 0.15) is 5.41 Å². The molecule has 1 aromatic rings. The summed E-state index contributed by atoms with van der Waals surface area (Å²) in [6.45, 7) is 0.574. The van der Waals surface area contributed by atoms with E-state index in [0.29, 0.717) is 0 Å². The molecule has 1 aliphatic heterocycles. The summed E-state index contributed by atoms with van der Waals surface area (Å²) < 4.78 is 5.93. The zero-order chi connectivity index (χ0) is 9.47. The second kappa shape index (κ2) is 3.08. The Morgan fingerprint density at radius 3 is 2.62 bits per heavy atom. The average Bonchev–Trinajstić information content (AvgIpc) is 2.32. The van der Waals surface area contributed by atoms with E-state index in [9.17, 15) is 4.79 Å². The Hall–Kier alpha value is -0.390. The fraction of sp³-hybridized carbons (Fsp3) is 0.375. The lowest BCUT2D eigenvalue weighted by Gasteiger charge is -2.36. The van der Waals surface area contributed by atoms with Crippen LogP contribution in [0.4, 0.5) is 0 Å². The second-order valence-electron chi connectivity index (χ2n) is 2.98. The van der Waals surface area contributed by atoms with E-state index in [1.807, 2.05) is 12.1 Å². The third-order valence-corrected chi connectivity index (χ3v) is 3.98. The number of carboxylic acid groups (broad SMARTS) is 1. The standard InChI is InChI=1S/C8H7BrO3S/c9-6-2-1-5(13-6)8(7(10)11)3-12-4-8/h1-2H,3-4H2,(H,10,11). The van der Waals surface area contributed by atoms with E-state index >= 15 is 0 Å². The first-order chi connectivity index (χ1) is 6.15. The molecule has 1 fully saturated rings. The fourth-order valence-electron chi connectivity index (χ4n) is 1.25. The highest BCUT2D eigenvalue weighted by Gasteiger charge is 2.48. The maximum absolute atomic E-state index is 11.0. The zero-order valence-corrected chi connectivity index (χ0v) is 9.02. The monoisotopic (exact) mass is 262 g/mol. The van der Waals surface area contributed by atoms with Crippen LogP contribution in [-0.4, -0.2) is 24.3 Å². The lowest BCUT2D eigenvalue weighted by molar-refractivity contribution is -0.162. The lowest BCUT2D eigenvalue weighted by atomic mass is 9.84. The van der Waals surface area contributed by atoms with Crippen molar-refractivity contribution in [1.29, 1.82) is 0 Å². The number of halogens is 1. The van der Waals surface area contributed by atoms with Crippen molar-refractivity contribution in [3.05, 3.63) is 20.8 Å². The van der Waals surface area contributed by atoms with Crippen LogP contribution in [0.3, 0.4) is 0 Å². The van der Waals surface area contributed by atoms with E-state index in [0.717, 1.165) is 8.66 Å². The van der Waals surface area contributed by atoms with Crippen molar-refractivity contribution < 1.29 is 14.6 Å². The van der Waals surface area contributed by atoms with E-state index in [4.69, 9.17) is 9.84 Å². The first kappa shape index (κ1) is 9.18. The van der Waals surface area contributed by atoms with Crippen LogP contribution in [0.25, 0.3) is 0 Å². The van der Waals surface area contributed by atoms with Gasteiger partial charge in [-0.25, -0.2) is 0 Å². The molecule has 1 saturated heterocycles. The summed E-state index contributed by atoms with van der Waals surface area (Å²) >= 11 is 4.77. The fourth-order valence-corrected chi connectivity index (χ4v) is 2.79. The summed E-state index contributed by atoms with van der Waals surface area (Å²) in [5.74, 6) is -0.798. The molecule has 2 rings (SSSR count). The van der Waals surface area contributed by atoms with E-state index in [-0.39, 0.29) is 13.2 Å². The van der Waals surface area contributed by atoms with Gasteiger partial charge in [-0.15, -0.1) is 11.3 Å². The van der Waals surface area contributed by atoms with E-state index in [1.54, 1.807) is 0 Å². The van der Waals surface area contributed by atoms with Gasteiger partial charge in [0, 0.05) is 4.88 Å². The number of thiophene rings is 1. The third kappa shape index (κ3) is 1.31. The van der Waals surface area contributed by atoms with Gasteiger partial charge in [0.25, 0.3) is 0 Å². The van der Waals surface area contributed by atoms with Crippen LogP contribution >= 0.6 is 27.3 Å². The molecular formula is C8H7BrO3S. The highest BCUT2D eigenvalue weighted by molar-refractivity contribution is 9.11. The maximum Gasteiger partial charge on any atom is 0.319 e. The predicted octanol–water partition coefficient (Wildman–Crippen LogP) is 1.86. The summed E-state index contributed by atoms with van der Waals surface area (Å²) in [5.41, 5.74) is -0.781. The highest BCUT2D eigenvalue weighted by atomic mass is 79.9. The first-order valence-corrected chi connectivity index (χ1v) is 5.33. The minimum atomic E-state index is -0.798. The molecule has 2 heterocycles. The number of carboxylic acids is 1. The summed E-state index contributed by atoms with van der Waals surface area (Å²) in [6, 6.07) is 3.70. The zero-order valence-electron chi connectivity index (χ0n) is 6.62. The van der Waals surface area contributed by atoms with Gasteiger partial charge in [-0.3, -0.25) is 4.79 Å². The molecule has 1 aliphatic rings. The summed E-state index contributed by atoms with van der Waals surface area (Å²) in [6.07, 6.45) is 0. The van der Waals surface area contributed by atoms with Gasteiger partial charge in [0.2, 0.25) is 0 Å². The van der Waals surface area contributed by atoms with Crippen molar-refractivity contribution >= 4 is 33.2 Å². The second-order valence-corrected chi connectivity index (χ2v) is 5.45. The number of rotatable bonds is 2. The Morgan fingerprint density at radius 1 is 1.62 bits per heavy atom. The number of hydrogen-bond acceptors (Lipinski definition) is 3. The van der Waals surface area contributed by atoms with Gasteiger partial charge in [0.15, 0.2) is 0 Å². The van der Waals surface area contributed by atoms with E-state index in [1.165, 1.54) is 11.3 Å². The topological polar surface area (TPSA) is 46.5 Å². The van der Waals surface area contributed by atoms with Crippen LogP contribution in [0.2, 0.25) is 0 Å². The van der Waals surface area contributed by atoms with Crippen molar-refractivity contribution in [1.82, 2.24) is 0 Å². The molecule has 0 bridgehead atoms. The Bertz CT molecular complexity index is 343. The number of aliphatic carboxylic acids is 1. The third-order valence-electron chi connectivity index (χ3n) is 2.15. The molecule has 0 unspecified atom stereocenters. The Balaban J connectivity index is 2.37. The van der Waals surface area contributed by atoms with Crippen molar-refractivity contribution in [2.75, 3.05) is 13.2 Å². The van der Waals surface area contributed by atoms with Crippen molar-refractivity contribution in [3.8, 4) is 0 Å². The molecule has 70 valence electrons. The lowest BCUT2D eigenvalue weighted by Crippen LogP contribution is -2.52. The van der Waals surface area contributed by atoms with E-state index in [2.05, 4.69) is 15.9 Å². The summed E-state index contributed by atoms with van der Waals surface area (Å²) in [7, 11) is 0. The van der Waals surface area contributed by atoms with Gasteiger partial charge < -0.3 is 9.84 Å². The quantitative estimate of drug-likeness (QED) is 0.885. The molecule has 13 heavy (non-hydrogen) atoms. The Kier molecular flexibility index (Phi) is 2.17. The molecular weight excluding hydrogens is 256 g/mol. The molecule has 0 saturated carbocycles. The van der Waals surface area contributed by atoms with Crippen LogP contribution in [0.5, 0.6) is 0 Å². The van der Waals surface area contributed by atoms with Crippen molar-refractivity contribution in [3.63, 3.8) is 0 Å². The predicted molar refractivity (Wildman–Crippen MR) is 52.2 cm³/mol. The molecule has 1 aromatic heterocycles. The van der Waals surface area contributed by atoms with Gasteiger partial charge in [0.05, 0.1) is 17.0 Å². The highest BCUT2D eigenvalue weighted by Crippen LogP contribution is 2.38. The largest absolute Gasteiger partial charge is 0.480 e. The maximum atomic E-state index is 11.0.